The number of benzene rings is 2. The minimum atomic E-state index is -4.04. The molecule has 27 heavy (non-hydrogen) atoms. The monoisotopic (exact) mass is 428 g/mol. The van der Waals surface area contributed by atoms with E-state index in [0.717, 1.165) is 5.56 Å². The van der Waals surface area contributed by atoms with Crippen LogP contribution in [0.2, 0.25) is 10.0 Å². The Kier molecular flexibility index (Phi) is 7.68. The third kappa shape index (κ3) is 5.69. The molecule has 1 atom stereocenters. The summed E-state index contributed by atoms with van der Waals surface area (Å²) >= 11 is 12.0. The second kappa shape index (κ2) is 9.55. The van der Waals surface area contributed by atoms with Gasteiger partial charge in [-0.3, -0.25) is 4.79 Å². The van der Waals surface area contributed by atoms with Crippen LogP contribution >= 0.6 is 23.2 Å². The first-order chi connectivity index (χ1) is 12.8. The number of carbonyl (C=O) groups excluding carboxylic acids is 1. The van der Waals surface area contributed by atoms with Crippen molar-refractivity contribution in [2.45, 2.75) is 31.2 Å². The Bertz CT molecular complexity index is 885. The fraction of sp³-hybridized carbons (Fsp3) is 0.316. The molecule has 2 rings (SSSR count). The number of halogens is 2. The largest absolute Gasteiger partial charge is 0.342 e. The second-order valence-corrected chi connectivity index (χ2v) is 8.47. The van der Waals surface area contributed by atoms with Crippen molar-refractivity contribution in [2.24, 2.45) is 0 Å². The Hall–Kier alpha value is -1.60. The Labute approximate surface area is 170 Å². The lowest BCUT2D eigenvalue weighted by molar-refractivity contribution is -0.132. The summed E-state index contributed by atoms with van der Waals surface area (Å²) in [5, 5.41) is 0.287. The minimum Gasteiger partial charge on any atom is -0.342 e. The van der Waals surface area contributed by atoms with Crippen molar-refractivity contribution < 1.29 is 13.2 Å². The van der Waals surface area contributed by atoms with Crippen LogP contribution in [0.15, 0.2) is 53.4 Å². The minimum absolute atomic E-state index is 0.0423. The third-order valence-electron chi connectivity index (χ3n) is 4.14. The van der Waals surface area contributed by atoms with Gasteiger partial charge in [-0.2, -0.15) is 4.72 Å². The van der Waals surface area contributed by atoms with E-state index in [0.29, 0.717) is 13.1 Å². The fourth-order valence-corrected chi connectivity index (χ4v) is 4.67. The van der Waals surface area contributed by atoms with Gasteiger partial charge >= 0.3 is 0 Å². The average molecular weight is 429 g/mol. The summed E-state index contributed by atoms with van der Waals surface area (Å²) in [6.07, 6.45) is 0.230. The fourth-order valence-electron chi connectivity index (χ4n) is 2.72. The lowest BCUT2D eigenvalue weighted by atomic mass is 10.1. The summed E-state index contributed by atoms with van der Waals surface area (Å²) in [5.74, 6) is -0.287. The molecule has 0 unspecified atom stereocenters. The van der Waals surface area contributed by atoms with Crippen LogP contribution in [-0.2, 0) is 21.2 Å². The third-order valence-corrected chi connectivity index (χ3v) is 6.32. The molecule has 0 heterocycles. The molecular weight excluding hydrogens is 407 g/mol. The van der Waals surface area contributed by atoms with Crippen molar-refractivity contribution in [2.75, 3.05) is 13.1 Å². The molecule has 0 aliphatic rings. The topological polar surface area (TPSA) is 66.5 Å². The van der Waals surface area contributed by atoms with Crippen LogP contribution in [0.4, 0.5) is 0 Å². The van der Waals surface area contributed by atoms with E-state index in [1.165, 1.54) is 18.2 Å². The van der Waals surface area contributed by atoms with E-state index in [4.69, 9.17) is 23.2 Å². The van der Waals surface area contributed by atoms with Gasteiger partial charge in [0, 0.05) is 18.1 Å². The van der Waals surface area contributed by atoms with Crippen molar-refractivity contribution in [3.63, 3.8) is 0 Å². The summed E-state index contributed by atoms with van der Waals surface area (Å²) in [4.78, 5) is 14.4. The van der Waals surface area contributed by atoms with Gasteiger partial charge in [-0.15, -0.1) is 0 Å². The lowest BCUT2D eigenvalue weighted by Gasteiger charge is -2.26. The standard InChI is InChI=1S/C19H22Cl2N2O3S/c1-3-23(4-2)19(24)17(12-14-8-6-5-7-9-14)22-27(25,26)18-13-15(20)10-11-16(18)21/h5-11,13,17,22H,3-4,12H2,1-2H3/t17-/m0/s1. The molecule has 0 saturated carbocycles. The van der Waals surface area contributed by atoms with Gasteiger partial charge in [-0.1, -0.05) is 53.5 Å². The highest BCUT2D eigenvalue weighted by Crippen LogP contribution is 2.25. The summed E-state index contributed by atoms with van der Waals surface area (Å²) in [6.45, 7) is 4.67. The SMILES string of the molecule is CCN(CC)C(=O)[C@H](Cc1ccccc1)NS(=O)(=O)c1cc(Cl)ccc1Cl. The van der Waals surface area contributed by atoms with Gasteiger partial charge < -0.3 is 4.90 Å². The molecule has 0 radical (unpaired) electrons. The normalized spacial score (nSPS) is 12.6. The van der Waals surface area contributed by atoms with Gasteiger partial charge in [0.1, 0.15) is 10.9 Å². The molecule has 1 N–H and O–H groups in total. The predicted octanol–water partition coefficient (Wildman–Crippen LogP) is 3.75. The molecular formula is C19H22Cl2N2O3S. The second-order valence-electron chi connectivity index (χ2n) is 5.95. The van der Waals surface area contributed by atoms with E-state index in [-0.39, 0.29) is 27.3 Å². The summed E-state index contributed by atoms with van der Waals surface area (Å²) < 4.78 is 28.3. The van der Waals surface area contributed by atoms with E-state index in [1.807, 2.05) is 44.2 Å². The zero-order valence-electron chi connectivity index (χ0n) is 15.2. The molecule has 0 spiro atoms. The van der Waals surface area contributed by atoms with Crippen LogP contribution < -0.4 is 4.72 Å². The number of nitrogens with one attached hydrogen (secondary N) is 1. The molecule has 0 aliphatic heterocycles. The zero-order valence-corrected chi connectivity index (χ0v) is 17.5. The van der Waals surface area contributed by atoms with E-state index in [1.54, 1.807) is 4.90 Å². The summed E-state index contributed by atoms with van der Waals surface area (Å²) in [6, 6.07) is 12.5. The van der Waals surface area contributed by atoms with Gasteiger partial charge in [0.2, 0.25) is 15.9 Å². The van der Waals surface area contributed by atoms with Crippen molar-refractivity contribution in [3.8, 4) is 0 Å². The number of rotatable bonds is 8. The molecule has 0 fully saturated rings. The van der Waals surface area contributed by atoms with E-state index in [2.05, 4.69) is 4.72 Å². The Balaban J connectivity index is 2.37. The number of amides is 1. The van der Waals surface area contributed by atoms with Crippen LogP contribution in [0.25, 0.3) is 0 Å². The molecule has 1 amide bonds. The molecule has 0 aliphatic carbocycles. The maximum absolute atomic E-state index is 12.9. The predicted molar refractivity (Wildman–Crippen MR) is 109 cm³/mol. The number of likely N-dealkylation sites (N-methyl/N-ethyl adjacent to an activating group) is 1. The van der Waals surface area contributed by atoms with Crippen molar-refractivity contribution in [1.82, 2.24) is 9.62 Å². The van der Waals surface area contributed by atoms with Crippen molar-refractivity contribution >= 4 is 39.1 Å². The molecule has 8 heteroatoms. The maximum atomic E-state index is 12.9. The molecule has 146 valence electrons. The Morgan fingerprint density at radius 2 is 1.70 bits per heavy atom. The van der Waals surface area contributed by atoms with Gasteiger partial charge in [-0.25, -0.2) is 8.42 Å². The van der Waals surface area contributed by atoms with Crippen LogP contribution in [0.3, 0.4) is 0 Å². The summed E-state index contributed by atoms with van der Waals surface area (Å²) in [7, 11) is -4.04. The zero-order chi connectivity index (χ0) is 20.0. The molecule has 2 aromatic carbocycles. The highest BCUT2D eigenvalue weighted by Gasteiger charge is 2.29. The first kappa shape index (κ1) is 21.7. The number of carbonyl (C=O) groups is 1. The summed E-state index contributed by atoms with van der Waals surface area (Å²) in [5.41, 5.74) is 0.850. The van der Waals surface area contributed by atoms with Gasteiger partial charge in [0.15, 0.2) is 0 Å². The van der Waals surface area contributed by atoms with E-state index >= 15 is 0 Å². The van der Waals surface area contributed by atoms with Crippen molar-refractivity contribution in [3.05, 3.63) is 64.1 Å². The van der Waals surface area contributed by atoms with Gasteiger partial charge in [0.25, 0.3) is 0 Å². The van der Waals surface area contributed by atoms with Crippen LogP contribution in [0.1, 0.15) is 19.4 Å². The maximum Gasteiger partial charge on any atom is 0.242 e. The van der Waals surface area contributed by atoms with Crippen molar-refractivity contribution in [1.29, 1.82) is 0 Å². The number of sulfonamides is 1. The molecule has 0 saturated heterocycles. The first-order valence-corrected chi connectivity index (χ1v) is 10.8. The van der Waals surface area contributed by atoms with Gasteiger partial charge in [0.05, 0.1) is 5.02 Å². The van der Waals surface area contributed by atoms with E-state index < -0.39 is 16.1 Å². The molecule has 5 nitrogen and oxygen atoms in total. The van der Waals surface area contributed by atoms with Crippen LogP contribution in [0.5, 0.6) is 0 Å². The highest BCUT2D eigenvalue weighted by atomic mass is 35.5. The number of hydrogen-bond acceptors (Lipinski definition) is 3. The van der Waals surface area contributed by atoms with Crippen LogP contribution in [-0.4, -0.2) is 38.4 Å². The first-order valence-electron chi connectivity index (χ1n) is 8.58. The molecule has 2 aromatic rings. The van der Waals surface area contributed by atoms with Crippen LogP contribution in [0, 0.1) is 0 Å². The quantitative estimate of drug-likeness (QED) is 0.695. The smallest absolute Gasteiger partial charge is 0.242 e. The lowest BCUT2D eigenvalue weighted by Crippen LogP contribution is -2.49. The number of nitrogens with zero attached hydrogens (tertiary/aromatic N) is 1. The number of hydrogen-bond donors (Lipinski definition) is 1. The molecule has 0 bridgehead atoms. The molecule has 0 aromatic heterocycles. The highest BCUT2D eigenvalue weighted by molar-refractivity contribution is 7.89. The Morgan fingerprint density at radius 3 is 2.30 bits per heavy atom. The van der Waals surface area contributed by atoms with E-state index in [9.17, 15) is 13.2 Å². The average Bonchev–Trinajstić information content (AvgIpc) is 2.64. The Morgan fingerprint density at radius 1 is 1.07 bits per heavy atom. The van der Waals surface area contributed by atoms with Gasteiger partial charge in [-0.05, 0) is 44.0 Å².